The first-order chi connectivity index (χ1) is 8.70. The van der Waals surface area contributed by atoms with Gasteiger partial charge in [0, 0.05) is 17.9 Å². The smallest absolute Gasteiger partial charge is 0.142 e. The van der Waals surface area contributed by atoms with Gasteiger partial charge in [0.25, 0.3) is 0 Å². The van der Waals surface area contributed by atoms with E-state index < -0.39 is 0 Å². The van der Waals surface area contributed by atoms with Crippen LogP contribution in [0.1, 0.15) is 45.2 Å². The van der Waals surface area contributed by atoms with Crippen LogP contribution in [0, 0.1) is 23.2 Å². The number of nitrogens with one attached hydrogen (secondary N) is 1. The lowest BCUT2D eigenvalue weighted by Gasteiger charge is -2.35. The summed E-state index contributed by atoms with van der Waals surface area (Å²) in [6.07, 6.45) is 6.89. The normalized spacial score (nSPS) is 23.7. The van der Waals surface area contributed by atoms with Crippen molar-refractivity contribution in [1.29, 1.82) is 5.26 Å². The standard InChI is InChI=1S/C15H21N3/c1-11(2)14-5-3-4-6-15(14)18-12-7-8-17-13(9-12)10-16/h7-9,11,14-15H,3-6H2,1-2H3,(H,17,18). The highest BCUT2D eigenvalue weighted by molar-refractivity contribution is 5.46. The first-order valence-electron chi connectivity index (χ1n) is 6.83. The highest BCUT2D eigenvalue weighted by Crippen LogP contribution is 2.32. The lowest BCUT2D eigenvalue weighted by molar-refractivity contribution is 0.254. The molecule has 1 saturated carbocycles. The Kier molecular flexibility index (Phi) is 4.19. The maximum absolute atomic E-state index is 8.87. The van der Waals surface area contributed by atoms with Gasteiger partial charge < -0.3 is 5.32 Å². The number of rotatable bonds is 3. The van der Waals surface area contributed by atoms with Gasteiger partial charge in [0.2, 0.25) is 0 Å². The van der Waals surface area contributed by atoms with Gasteiger partial charge in [-0.25, -0.2) is 4.98 Å². The van der Waals surface area contributed by atoms with E-state index in [9.17, 15) is 0 Å². The van der Waals surface area contributed by atoms with E-state index in [0.29, 0.717) is 17.7 Å². The van der Waals surface area contributed by atoms with Crippen LogP contribution in [0.5, 0.6) is 0 Å². The van der Waals surface area contributed by atoms with E-state index >= 15 is 0 Å². The molecule has 1 aliphatic carbocycles. The molecule has 0 saturated heterocycles. The van der Waals surface area contributed by atoms with Crippen molar-refractivity contribution >= 4 is 5.69 Å². The molecule has 1 heterocycles. The number of hydrogen-bond donors (Lipinski definition) is 1. The van der Waals surface area contributed by atoms with Crippen LogP contribution in [0.4, 0.5) is 5.69 Å². The Balaban J connectivity index is 2.08. The molecular weight excluding hydrogens is 222 g/mol. The maximum Gasteiger partial charge on any atom is 0.142 e. The molecule has 1 N–H and O–H groups in total. The topological polar surface area (TPSA) is 48.7 Å². The van der Waals surface area contributed by atoms with Gasteiger partial charge in [0.1, 0.15) is 11.8 Å². The molecule has 1 aliphatic rings. The van der Waals surface area contributed by atoms with E-state index in [2.05, 4.69) is 30.2 Å². The molecule has 3 nitrogen and oxygen atoms in total. The van der Waals surface area contributed by atoms with Crippen LogP contribution in [0.15, 0.2) is 18.3 Å². The molecule has 18 heavy (non-hydrogen) atoms. The molecule has 2 rings (SSSR count). The second-order valence-corrected chi connectivity index (χ2v) is 5.48. The Labute approximate surface area is 109 Å². The second kappa shape index (κ2) is 5.86. The molecule has 0 radical (unpaired) electrons. The van der Waals surface area contributed by atoms with E-state index in [4.69, 9.17) is 5.26 Å². The lowest BCUT2D eigenvalue weighted by atomic mass is 9.78. The van der Waals surface area contributed by atoms with Gasteiger partial charge in [-0.2, -0.15) is 5.26 Å². The molecular formula is C15H21N3. The van der Waals surface area contributed by atoms with Crippen LogP contribution in [0.3, 0.4) is 0 Å². The van der Waals surface area contributed by atoms with Gasteiger partial charge in [-0.05, 0) is 36.8 Å². The minimum atomic E-state index is 0.483. The van der Waals surface area contributed by atoms with Crippen molar-refractivity contribution in [2.75, 3.05) is 5.32 Å². The van der Waals surface area contributed by atoms with Crippen molar-refractivity contribution in [3.8, 4) is 6.07 Å². The number of anilines is 1. The Morgan fingerprint density at radius 1 is 1.39 bits per heavy atom. The summed E-state index contributed by atoms with van der Waals surface area (Å²) in [5, 5.41) is 12.5. The fourth-order valence-electron chi connectivity index (χ4n) is 2.93. The average Bonchev–Trinajstić information content (AvgIpc) is 2.39. The van der Waals surface area contributed by atoms with Gasteiger partial charge in [-0.3, -0.25) is 0 Å². The summed E-state index contributed by atoms with van der Waals surface area (Å²) >= 11 is 0. The van der Waals surface area contributed by atoms with E-state index in [0.717, 1.165) is 11.6 Å². The number of aromatic nitrogens is 1. The van der Waals surface area contributed by atoms with Crippen molar-refractivity contribution in [3.05, 3.63) is 24.0 Å². The van der Waals surface area contributed by atoms with Crippen LogP contribution in [-0.2, 0) is 0 Å². The summed E-state index contributed by atoms with van der Waals surface area (Å²) < 4.78 is 0. The first kappa shape index (κ1) is 12.9. The summed E-state index contributed by atoms with van der Waals surface area (Å²) in [6.45, 7) is 4.61. The summed E-state index contributed by atoms with van der Waals surface area (Å²) in [5.41, 5.74) is 1.51. The summed E-state index contributed by atoms with van der Waals surface area (Å²) in [6, 6.07) is 6.41. The molecule has 96 valence electrons. The van der Waals surface area contributed by atoms with E-state index in [1.165, 1.54) is 25.7 Å². The van der Waals surface area contributed by atoms with Crippen molar-refractivity contribution in [2.24, 2.45) is 11.8 Å². The predicted octanol–water partition coefficient (Wildman–Crippen LogP) is 3.58. The minimum Gasteiger partial charge on any atom is -0.382 e. The quantitative estimate of drug-likeness (QED) is 0.882. The van der Waals surface area contributed by atoms with Gasteiger partial charge in [-0.1, -0.05) is 26.7 Å². The Morgan fingerprint density at radius 2 is 2.17 bits per heavy atom. The van der Waals surface area contributed by atoms with E-state index in [1.54, 1.807) is 6.20 Å². The molecule has 0 aromatic carbocycles. The van der Waals surface area contributed by atoms with Gasteiger partial charge in [0.05, 0.1) is 0 Å². The molecule has 0 aliphatic heterocycles. The molecule has 0 amide bonds. The van der Waals surface area contributed by atoms with Crippen molar-refractivity contribution < 1.29 is 0 Å². The van der Waals surface area contributed by atoms with Crippen LogP contribution < -0.4 is 5.32 Å². The SMILES string of the molecule is CC(C)C1CCCCC1Nc1ccnc(C#N)c1. The van der Waals surface area contributed by atoms with Crippen molar-refractivity contribution in [2.45, 2.75) is 45.6 Å². The number of hydrogen-bond acceptors (Lipinski definition) is 3. The number of nitrogens with zero attached hydrogens (tertiary/aromatic N) is 2. The molecule has 3 heteroatoms. The zero-order valence-electron chi connectivity index (χ0n) is 11.2. The zero-order chi connectivity index (χ0) is 13.0. The molecule has 1 aromatic heterocycles. The van der Waals surface area contributed by atoms with Gasteiger partial charge >= 0.3 is 0 Å². The summed E-state index contributed by atoms with van der Waals surface area (Å²) in [7, 11) is 0. The molecule has 0 spiro atoms. The van der Waals surface area contributed by atoms with Crippen molar-refractivity contribution in [1.82, 2.24) is 4.98 Å². The predicted molar refractivity (Wildman–Crippen MR) is 73.2 cm³/mol. The molecule has 1 aromatic rings. The van der Waals surface area contributed by atoms with Crippen LogP contribution in [0.25, 0.3) is 0 Å². The largest absolute Gasteiger partial charge is 0.382 e. The Hall–Kier alpha value is -1.56. The highest BCUT2D eigenvalue weighted by Gasteiger charge is 2.27. The first-order valence-corrected chi connectivity index (χ1v) is 6.83. The lowest BCUT2D eigenvalue weighted by Crippen LogP contribution is -2.35. The van der Waals surface area contributed by atoms with Crippen LogP contribution >= 0.6 is 0 Å². The van der Waals surface area contributed by atoms with Gasteiger partial charge in [-0.15, -0.1) is 0 Å². The van der Waals surface area contributed by atoms with Gasteiger partial charge in [0.15, 0.2) is 0 Å². The molecule has 0 bridgehead atoms. The van der Waals surface area contributed by atoms with Crippen molar-refractivity contribution in [3.63, 3.8) is 0 Å². The Bertz CT molecular complexity index is 434. The fraction of sp³-hybridized carbons (Fsp3) is 0.600. The molecule has 2 unspecified atom stereocenters. The Morgan fingerprint density at radius 3 is 2.89 bits per heavy atom. The van der Waals surface area contributed by atoms with E-state index in [-0.39, 0.29) is 0 Å². The minimum absolute atomic E-state index is 0.483. The third kappa shape index (κ3) is 3.01. The number of nitriles is 1. The second-order valence-electron chi connectivity index (χ2n) is 5.48. The fourth-order valence-corrected chi connectivity index (χ4v) is 2.93. The zero-order valence-corrected chi connectivity index (χ0v) is 11.2. The van der Waals surface area contributed by atoms with Crippen LogP contribution in [0.2, 0.25) is 0 Å². The van der Waals surface area contributed by atoms with Crippen LogP contribution in [-0.4, -0.2) is 11.0 Å². The maximum atomic E-state index is 8.87. The molecule has 1 fully saturated rings. The third-order valence-electron chi connectivity index (χ3n) is 3.90. The molecule has 2 atom stereocenters. The third-order valence-corrected chi connectivity index (χ3v) is 3.90. The summed E-state index contributed by atoms with van der Waals surface area (Å²) in [4.78, 5) is 4.00. The summed E-state index contributed by atoms with van der Waals surface area (Å²) in [5.74, 6) is 1.44. The monoisotopic (exact) mass is 243 g/mol. The number of pyridine rings is 1. The van der Waals surface area contributed by atoms with E-state index in [1.807, 2.05) is 12.1 Å². The average molecular weight is 243 g/mol. The highest BCUT2D eigenvalue weighted by atomic mass is 14.9.